The Hall–Kier alpha value is -2.33. The summed E-state index contributed by atoms with van der Waals surface area (Å²) in [6, 6.07) is 10.5. The van der Waals surface area contributed by atoms with E-state index in [0.717, 1.165) is 0 Å². The maximum absolute atomic E-state index is 12.7. The average Bonchev–Trinajstić information content (AvgIpc) is 2.74. The highest BCUT2D eigenvalue weighted by Crippen LogP contribution is 2.23. The highest BCUT2D eigenvalue weighted by molar-refractivity contribution is 7.92. The number of carbonyl (C=O) groups is 1. The second-order valence-electron chi connectivity index (χ2n) is 6.42. The first-order chi connectivity index (χ1) is 14.9. The molecule has 0 unspecified atom stereocenters. The molecule has 0 spiro atoms. The number of nitrogens with one attached hydrogen (secondary N) is 2. The van der Waals surface area contributed by atoms with Crippen molar-refractivity contribution in [1.82, 2.24) is 5.32 Å². The zero-order chi connectivity index (χ0) is 22.7. The van der Waals surface area contributed by atoms with Crippen LogP contribution in [0.2, 0.25) is 5.02 Å². The molecule has 170 valence electrons. The van der Waals surface area contributed by atoms with Crippen LogP contribution in [0.4, 0.5) is 5.69 Å². The van der Waals surface area contributed by atoms with Gasteiger partial charge in [-0.2, -0.15) is 0 Å². The molecule has 0 fully saturated rings. The molecule has 0 heterocycles. The van der Waals surface area contributed by atoms with E-state index in [1.54, 1.807) is 31.4 Å². The van der Waals surface area contributed by atoms with E-state index in [9.17, 15) is 13.2 Å². The zero-order valence-corrected chi connectivity index (χ0v) is 19.1. The molecule has 0 saturated carbocycles. The highest BCUT2D eigenvalue weighted by Gasteiger charge is 2.19. The topological polar surface area (TPSA) is 103 Å². The van der Waals surface area contributed by atoms with Gasteiger partial charge in [-0.1, -0.05) is 11.6 Å². The van der Waals surface area contributed by atoms with Gasteiger partial charge in [0.25, 0.3) is 15.9 Å². The minimum Gasteiger partial charge on any atom is -0.494 e. The van der Waals surface area contributed by atoms with Crippen LogP contribution in [0, 0.1) is 0 Å². The third-order valence-corrected chi connectivity index (χ3v) is 5.80. The number of halogens is 1. The van der Waals surface area contributed by atoms with Gasteiger partial charge in [0.2, 0.25) is 0 Å². The molecule has 8 nitrogen and oxygen atoms in total. The minimum absolute atomic E-state index is 0.0705. The molecule has 2 rings (SSSR count). The quantitative estimate of drug-likeness (QED) is 0.435. The Morgan fingerprint density at radius 2 is 1.81 bits per heavy atom. The summed E-state index contributed by atoms with van der Waals surface area (Å²) in [5.41, 5.74) is 0.453. The first kappa shape index (κ1) is 24.9. The average molecular weight is 471 g/mol. The molecule has 31 heavy (non-hydrogen) atoms. The van der Waals surface area contributed by atoms with E-state index in [-0.39, 0.29) is 15.5 Å². The summed E-state index contributed by atoms with van der Waals surface area (Å²) in [7, 11) is -2.32. The van der Waals surface area contributed by atoms with E-state index >= 15 is 0 Å². The Morgan fingerprint density at radius 1 is 1.06 bits per heavy atom. The van der Waals surface area contributed by atoms with Crippen LogP contribution in [0.3, 0.4) is 0 Å². The number of carbonyl (C=O) groups excluding carboxylic acids is 1. The van der Waals surface area contributed by atoms with Gasteiger partial charge in [0, 0.05) is 25.9 Å². The van der Waals surface area contributed by atoms with E-state index in [0.29, 0.717) is 50.8 Å². The standard InChI is InChI=1S/C21H27ClN2O6S/c1-3-30-17-7-5-16(6-8-17)24-31(26,27)18-9-10-20(22)19(15-18)21(25)23-11-4-12-29-14-13-28-2/h5-10,15,24H,3-4,11-14H2,1-2H3,(H,23,25). The van der Waals surface area contributed by atoms with E-state index in [4.69, 9.17) is 25.8 Å². The predicted molar refractivity (Wildman–Crippen MR) is 120 cm³/mol. The van der Waals surface area contributed by atoms with Crippen LogP contribution in [-0.4, -0.2) is 54.4 Å². The normalized spacial score (nSPS) is 11.2. The number of hydrogen-bond acceptors (Lipinski definition) is 6. The first-order valence-corrected chi connectivity index (χ1v) is 11.6. The van der Waals surface area contributed by atoms with Crippen LogP contribution in [-0.2, 0) is 19.5 Å². The number of amides is 1. The van der Waals surface area contributed by atoms with E-state index in [1.165, 1.54) is 18.2 Å². The van der Waals surface area contributed by atoms with Crippen LogP contribution >= 0.6 is 11.6 Å². The minimum atomic E-state index is -3.91. The van der Waals surface area contributed by atoms with Crippen LogP contribution in [0.15, 0.2) is 47.4 Å². The van der Waals surface area contributed by atoms with Crippen LogP contribution in [0.5, 0.6) is 5.75 Å². The molecule has 2 aromatic carbocycles. The van der Waals surface area contributed by atoms with Crippen molar-refractivity contribution in [1.29, 1.82) is 0 Å². The molecule has 10 heteroatoms. The fourth-order valence-electron chi connectivity index (χ4n) is 2.56. The predicted octanol–water partition coefficient (Wildman–Crippen LogP) is 3.32. The molecule has 0 aliphatic heterocycles. The van der Waals surface area contributed by atoms with Gasteiger partial charge in [-0.3, -0.25) is 9.52 Å². The van der Waals surface area contributed by atoms with Gasteiger partial charge in [0.05, 0.1) is 35.3 Å². The van der Waals surface area contributed by atoms with Gasteiger partial charge < -0.3 is 19.5 Å². The summed E-state index contributed by atoms with van der Waals surface area (Å²) in [5.74, 6) is 0.181. The van der Waals surface area contributed by atoms with Gasteiger partial charge in [0.15, 0.2) is 0 Å². The Morgan fingerprint density at radius 3 is 2.48 bits per heavy atom. The molecular formula is C21H27ClN2O6S. The van der Waals surface area contributed by atoms with Gasteiger partial charge in [-0.15, -0.1) is 0 Å². The molecular weight excluding hydrogens is 444 g/mol. The second kappa shape index (κ2) is 12.5. The third kappa shape index (κ3) is 8.02. The molecule has 0 atom stereocenters. The van der Waals surface area contributed by atoms with Crippen molar-refractivity contribution in [3.05, 3.63) is 53.1 Å². The number of anilines is 1. The number of ether oxygens (including phenoxy) is 3. The number of sulfonamides is 1. The monoisotopic (exact) mass is 470 g/mol. The van der Waals surface area contributed by atoms with Gasteiger partial charge in [-0.05, 0) is 55.8 Å². The largest absolute Gasteiger partial charge is 0.494 e. The lowest BCUT2D eigenvalue weighted by atomic mass is 10.2. The Labute approximate surface area is 187 Å². The first-order valence-electron chi connectivity index (χ1n) is 9.77. The van der Waals surface area contributed by atoms with Crippen molar-refractivity contribution in [2.45, 2.75) is 18.2 Å². The summed E-state index contributed by atoms with van der Waals surface area (Å²) in [6.45, 7) is 4.20. The maximum Gasteiger partial charge on any atom is 0.261 e. The summed E-state index contributed by atoms with van der Waals surface area (Å²) in [6.07, 6.45) is 0.602. The fourth-order valence-corrected chi connectivity index (χ4v) is 3.85. The summed E-state index contributed by atoms with van der Waals surface area (Å²) < 4.78 is 43.5. The van der Waals surface area contributed by atoms with Crippen molar-refractivity contribution in [3.8, 4) is 5.75 Å². The lowest BCUT2D eigenvalue weighted by Gasteiger charge is -2.12. The van der Waals surface area contributed by atoms with Gasteiger partial charge in [0.1, 0.15) is 5.75 Å². The molecule has 0 aliphatic carbocycles. The molecule has 0 saturated heterocycles. The zero-order valence-electron chi connectivity index (χ0n) is 17.5. The SMILES string of the molecule is CCOc1ccc(NS(=O)(=O)c2ccc(Cl)c(C(=O)NCCCOCCOC)c2)cc1. The van der Waals surface area contributed by atoms with Crippen molar-refractivity contribution in [2.24, 2.45) is 0 Å². The summed E-state index contributed by atoms with van der Waals surface area (Å²) >= 11 is 6.12. The highest BCUT2D eigenvalue weighted by atomic mass is 35.5. The van der Waals surface area contributed by atoms with Crippen molar-refractivity contribution < 1.29 is 27.4 Å². The molecule has 1 amide bonds. The number of methoxy groups -OCH3 is 1. The summed E-state index contributed by atoms with van der Waals surface area (Å²) in [4.78, 5) is 12.4. The summed E-state index contributed by atoms with van der Waals surface area (Å²) in [5, 5.41) is 2.87. The Bertz CT molecular complexity index is 951. The van der Waals surface area contributed by atoms with E-state index < -0.39 is 15.9 Å². The van der Waals surface area contributed by atoms with E-state index in [2.05, 4.69) is 10.0 Å². The molecule has 0 aliphatic rings. The van der Waals surface area contributed by atoms with Crippen molar-refractivity contribution in [3.63, 3.8) is 0 Å². The van der Waals surface area contributed by atoms with Gasteiger partial charge >= 0.3 is 0 Å². The van der Waals surface area contributed by atoms with E-state index in [1.807, 2.05) is 6.92 Å². The Kier molecular flexibility index (Phi) is 10.1. The number of benzene rings is 2. The van der Waals surface area contributed by atoms with Crippen molar-refractivity contribution in [2.75, 3.05) is 44.8 Å². The third-order valence-electron chi connectivity index (χ3n) is 4.09. The van der Waals surface area contributed by atoms with Gasteiger partial charge in [-0.25, -0.2) is 8.42 Å². The number of hydrogen-bond donors (Lipinski definition) is 2. The maximum atomic E-state index is 12.7. The van der Waals surface area contributed by atoms with Crippen LogP contribution in [0.1, 0.15) is 23.7 Å². The molecule has 2 N–H and O–H groups in total. The molecule has 2 aromatic rings. The van der Waals surface area contributed by atoms with Crippen LogP contribution < -0.4 is 14.8 Å². The second-order valence-corrected chi connectivity index (χ2v) is 8.51. The smallest absolute Gasteiger partial charge is 0.261 e. The lowest BCUT2D eigenvalue weighted by molar-refractivity contribution is 0.0688. The van der Waals surface area contributed by atoms with Crippen LogP contribution in [0.25, 0.3) is 0 Å². The fraction of sp³-hybridized carbons (Fsp3) is 0.381. The van der Waals surface area contributed by atoms with Crippen molar-refractivity contribution >= 4 is 33.2 Å². The molecule has 0 bridgehead atoms. The lowest BCUT2D eigenvalue weighted by Crippen LogP contribution is -2.26. The number of rotatable bonds is 13. The Balaban J connectivity index is 2.00. The molecule has 0 aromatic heterocycles. The molecule has 0 radical (unpaired) electrons.